The Bertz CT molecular complexity index is 1340. The van der Waals surface area contributed by atoms with Crippen molar-refractivity contribution in [1.29, 1.82) is 5.26 Å². The molecule has 0 spiro atoms. The molecule has 1 aliphatic heterocycles. The lowest BCUT2D eigenvalue weighted by Gasteiger charge is -2.31. The van der Waals surface area contributed by atoms with Crippen LogP contribution in [0.2, 0.25) is 5.02 Å². The number of hydrogen-bond acceptors (Lipinski definition) is 5. The molecule has 0 bridgehead atoms. The van der Waals surface area contributed by atoms with Crippen LogP contribution in [0.4, 0.5) is 36.4 Å². The van der Waals surface area contributed by atoms with Crippen LogP contribution in [-0.2, 0) is 5.67 Å². The molecule has 0 saturated heterocycles. The third kappa shape index (κ3) is 4.69. The summed E-state index contributed by atoms with van der Waals surface area (Å²) in [6.07, 6.45) is -9.68. The summed E-state index contributed by atoms with van der Waals surface area (Å²) in [5.74, 6) is -0.307. The Balaban J connectivity index is 1.66. The molecule has 4 rings (SSSR count). The molecule has 0 aromatic heterocycles. The fourth-order valence-electron chi connectivity index (χ4n) is 4.41. The van der Waals surface area contributed by atoms with Crippen molar-refractivity contribution in [2.45, 2.75) is 51.1 Å². The van der Waals surface area contributed by atoms with Gasteiger partial charge in [0.15, 0.2) is 5.78 Å². The zero-order valence-electron chi connectivity index (χ0n) is 19.9. The molecule has 0 radical (unpaired) electrons. The van der Waals surface area contributed by atoms with Crippen LogP contribution in [0.5, 0.6) is 0 Å². The highest BCUT2D eigenvalue weighted by atomic mass is 35.5. The number of hydrazine groups is 2. The van der Waals surface area contributed by atoms with Gasteiger partial charge in [-0.15, -0.1) is 5.53 Å². The summed E-state index contributed by atoms with van der Waals surface area (Å²) in [4.78, 5) is 12.8. The van der Waals surface area contributed by atoms with Crippen molar-refractivity contribution in [3.8, 4) is 6.07 Å². The van der Waals surface area contributed by atoms with E-state index in [0.29, 0.717) is 30.7 Å². The van der Waals surface area contributed by atoms with Gasteiger partial charge in [-0.25, -0.2) is 4.39 Å². The van der Waals surface area contributed by atoms with Gasteiger partial charge in [0, 0.05) is 29.3 Å². The molecule has 1 fully saturated rings. The first-order chi connectivity index (χ1) is 17.5. The zero-order chi connectivity index (χ0) is 28.3. The van der Waals surface area contributed by atoms with Crippen LogP contribution in [0.1, 0.15) is 51.9 Å². The molecule has 2 N–H and O–H groups in total. The second kappa shape index (κ2) is 9.17. The lowest BCUT2D eigenvalue weighted by molar-refractivity contribution is -0.348. The normalized spacial score (nSPS) is 17.1. The van der Waals surface area contributed by atoms with Crippen molar-refractivity contribution in [2.75, 3.05) is 5.01 Å². The van der Waals surface area contributed by atoms with Gasteiger partial charge in [0.1, 0.15) is 0 Å². The van der Waals surface area contributed by atoms with E-state index >= 15 is 0 Å². The molecule has 13 heteroatoms. The first kappa shape index (κ1) is 27.7. The van der Waals surface area contributed by atoms with Gasteiger partial charge in [-0.3, -0.25) is 9.80 Å². The van der Waals surface area contributed by atoms with E-state index in [1.165, 1.54) is 37.2 Å². The van der Waals surface area contributed by atoms with E-state index < -0.39 is 29.0 Å². The molecular weight excluding hydrogens is 541 g/mol. The van der Waals surface area contributed by atoms with Crippen molar-refractivity contribution >= 4 is 28.8 Å². The number of aryl methyl sites for hydroxylation is 2. The van der Waals surface area contributed by atoms with Gasteiger partial charge in [-0.2, -0.15) is 31.6 Å². The molecule has 0 amide bonds. The van der Waals surface area contributed by atoms with E-state index in [4.69, 9.17) is 11.6 Å². The molecule has 1 aliphatic carbocycles. The lowest BCUT2D eigenvalue weighted by atomic mass is 9.88. The first-order valence-electron chi connectivity index (χ1n) is 11.2. The molecule has 38 heavy (non-hydrogen) atoms. The fourth-order valence-corrected chi connectivity index (χ4v) is 4.64. The van der Waals surface area contributed by atoms with Gasteiger partial charge in [-0.1, -0.05) is 23.7 Å². The maximum absolute atomic E-state index is 14.6. The molecule has 2 aliphatic rings. The van der Waals surface area contributed by atoms with E-state index in [1.54, 1.807) is 6.07 Å². The van der Waals surface area contributed by atoms with E-state index in [2.05, 4.69) is 17.0 Å². The maximum atomic E-state index is 14.6. The van der Waals surface area contributed by atoms with Crippen molar-refractivity contribution in [2.24, 2.45) is 5.41 Å². The van der Waals surface area contributed by atoms with Crippen molar-refractivity contribution in [3.05, 3.63) is 69.4 Å². The van der Waals surface area contributed by atoms with Crippen LogP contribution >= 0.6 is 11.6 Å². The molecular formula is C25H20ClF7N4O. The van der Waals surface area contributed by atoms with Gasteiger partial charge in [-0.05, 0) is 56.0 Å². The van der Waals surface area contributed by atoms with Crippen LogP contribution in [0.25, 0.3) is 5.70 Å². The molecule has 2 aromatic rings. The molecule has 1 saturated carbocycles. The smallest absolute Gasteiger partial charge is 0.301 e. The van der Waals surface area contributed by atoms with Crippen molar-refractivity contribution < 1.29 is 35.5 Å². The number of Topliss-reactive ketones (excluding diaryl/α,β-unsaturated/α-hetero) is 1. The summed E-state index contributed by atoms with van der Waals surface area (Å²) in [6.45, 7) is 2.54. The third-order valence-electron chi connectivity index (χ3n) is 6.67. The summed E-state index contributed by atoms with van der Waals surface area (Å²) < 4.78 is 94.0. The number of alkyl halides is 7. The number of halogens is 8. The number of carbonyl (C=O) groups is 1. The van der Waals surface area contributed by atoms with Gasteiger partial charge in [0.2, 0.25) is 0 Å². The topological polar surface area (TPSA) is 68.2 Å². The summed E-state index contributed by atoms with van der Waals surface area (Å²) in [5, 5.41) is 10.9. The minimum absolute atomic E-state index is 0.0239. The van der Waals surface area contributed by atoms with Crippen LogP contribution in [-0.4, -0.2) is 18.1 Å². The van der Waals surface area contributed by atoms with Gasteiger partial charge < -0.3 is 5.43 Å². The molecule has 0 atom stereocenters. The largest absolute Gasteiger partial charge is 0.435 e. The summed E-state index contributed by atoms with van der Waals surface area (Å²) >= 11 is 6.21. The molecule has 0 unspecified atom stereocenters. The Morgan fingerprint density at radius 2 is 1.63 bits per heavy atom. The van der Waals surface area contributed by atoms with Gasteiger partial charge >= 0.3 is 18.0 Å². The second-order valence-electron chi connectivity index (χ2n) is 9.44. The zero-order valence-corrected chi connectivity index (χ0v) is 20.7. The highest BCUT2D eigenvalue weighted by molar-refractivity contribution is 6.34. The van der Waals surface area contributed by atoms with Gasteiger partial charge in [0.25, 0.3) is 0 Å². The monoisotopic (exact) mass is 560 g/mol. The fraction of sp³-hybridized carbons (Fsp3) is 0.360. The highest BCUT2D eigenvalue weighted by Crippen LogP contribution is 2.54. The Labute approximate surface area is 217 Å². The average Bonchev–Trinajstić information content (AvgIpc) is 3.42. The first-order valence-corrected chi connectivity index (χ1v) is 11.6. The second-order valence-corrected chi connectivity index (χ2v) is 9.85. The van der Waals surface area contributed by atoms with Crippen molar-refractivity contribution in [1.82, 2.24) is 11.0 Å². The number of ketones is 1. The summed E-state index contributed by atoms with van der Waals surface area (Å²) in [5.41, 5.74) is -1.11. The predicted molar refractivity (Wildman–Crippen MR) is 125 cm³/mol. The number of rotatable bonds is 6. The number of nitrogens with zero attached hydrogens (tertiary/aromatic N) is 2. The van der Waals surface area contributed by atoms with E-state index in [-0.39, 0.29) is 45.2 Å². The van der Waals surface area contributed by atoms with E-state index in [9.17, 15) is 40.8 Å². The number of carbonyl (C=O) groups excluding carboxylic acids is 1. The highest BCUT2D eigenvalue weighted by Gasteiger charge is 2.73. The molecule has 1 heterocycles. The van der Waals surface area contributed by atoms with E-state index in [0.717, 1.165) is 0 Å². The summed E-state index contributed by atoms with van der Waals surface area (Å²) in [6, 6.07) is 7.77. The Hall–Kier alpha value is -3.30. The number of nitriles is 1. The average molecular weight is 561 g/mol. The van der Waals surface area contributed by atoms with Crippen LogP contribution in [0.15, 0.2) is 36.5 Å². The third-order valence-corrected chi connectivity index (χ3v) is 7.00. The SMILES string of the molecule is Cc1cc(C(F)(C(F)(F)F)C(F)(F)F)cc(C)c1C1=CN(c2ccc(Cl)c(C(=O)CC3(C#N)CC3)c2)NN1. The molecule has 5 nitrogen and oxygen atoms in total. The number of hydrogen-bond donors (Lipinski definition) is 2. The minimum atomic E-state index is -6.22. The molecule has 2 aromatic carbocycles. The van der Waals surface area contributed by atoms with Crippen LogP contribution in [0, 0.1) is 30.6 Å². The Morgan fingerprint density at radius 3 is 2.13 bits per heavy atom. The predicted octanol–water partition coefficient (Wildman–Crippen LogP) is 6.95. The minimum Gasteiger partial charge on any atom is -0.301 e. The molecule has 202 valence electrons. The Morgan fingerprint density at radius 1 is 1.05 bits per heavy atom. The van der Waals surface area contributed by atoms with Crippen LogP contribution < -0.4 is 16.0 Å². The quantitative estimate of drug-likeness (QED) is 0.296. The number of benzene rings is 2. The van der Waals surface area contributed by atoms with Crippen LogP contribution in [0.3, 0.4) is 0 Å². The van der Waals surface area contributed by atoms with E-state index in [1.807, 2.05) is 0 Å². The number of anilines is 1. The Kier molecular flexibility index (Phi) is 6.69. The van der Waals surface area contributed by atoms with Crippen molar-refractivity contribution in [3.63, 3.8) is 0 Å². The number of nitrogens with one attached hydrogen (secondary N) is 2. The summed E-state index contributed by atoms with van der Waals surface area (Å²) in [7, 11) is 0. The lowest BCUT2D eigenvalue weighted by Crippen LogP contribution is -2.50. The standard InChI is InChI=1S/C25H20ClF7N4O/c1-13-7-15(23(27,24(28,29)30)25(31,32)33)8-14(2)21(13)19-11-37(36-35-19)16-3-4-18(26)17(9-16)20(38)10-22(12-34)5-6-22/h3-4,7-9,11,35-36H,5-6,10H2,1-2H3. The maximum Gasteiger partial charge on any atom is 0.435 e. The van der Waals surface area contributed by atoms with Gasteiger partial charge in [0.05, 0.1) is 27.9 Å².